The van der Waals surface area contributed by atoms with Crippen LogP contribution in [0.1, 0.15) is 10.4 Å². The van der Waals surface area contributed by atoms with Gasteiger partial charge in [0, 0.05) is 10.6 Å². The van der Waals surface area contributed by atoms with Crippen LogP contribution in [0.15, 0.2) is 59.5 Å². The van der Waals surface area contributed by atoms with Crippen molar-refractivity contribution in [3.05, 3.63) is 60.2 Å². The summed E-state index contributed by atoms with van der Waals surface area (Å²) in [7, 11) is 0. The van der Waals surface area contributed by atoms with Gasteiger partial charge >= 0.3 is 5.97 Å². The molecule has 0 N–H and O–H groups in total. The molecule has 0 amide bonds. The van der Waals surface area contributed by atoms with Crippen LogP contribution >= 0.6 is 11.8 Å². The van der Waals surface area contributed by atoms with Gasteiger partial charge in [-0.1, -0.05) is 30.3 Å². The number of hydrogen-bond donors (Lipinski definition) is 0. The molecule has 0 radical (unpaired) electrons. The lowest BCUT2D eigenvalue weighted by Crippen LogP contribution is -2.25. The number of para-hydroxylation sites is 1. The van der Waals surface area contributed by atoms with Gasteiger partial charge in [-0.3, -0.25) is 0 Å². The highest BCUT2D eigenvalue weighted by Gasteiger charge is 2.24. The molecule has 0 fully saturated rings. The third-order valence-corrected chi connectivity index (χ3v) is 4.19. The molecule has 0 bridgehead atoms. The molecular weight excluding hydrogens is 272 g/mol. The molecule has 1 heterocycles. The van der Waals surface area contributed by atoms with Crippen molar-refractivity contribution >= 4 is 17.7 Å². The lowest BCUT2D eigenvalue weighted by atomic mass is 10.2. The average Bonchev–Trinajstić information content (AvgIpc) is 2.66. The first-order valence-corrected chi connectivity index (χ1v) is 7.42. The minimum absolute atomic E-state index is 0.236. The topological polar surface area (TPSA) is 35.5 Å². The van der Waals surface area contributed by atoms with Gasteiger partial charge in [-0.05, 0) is 24.3 Å². The summed E-state index contributed by atoms with van der Waals surface area (Å²) < 4.78 is 11.1. The molecule has 3 rings (SSSR count). The van der Waals surface area contributed by atoms with E-state index in [-0.39, 0.29) is 12.1 Å². The van der Waals surface area contributed by atoms with E-state index in [1.807, 2.05) is 48.5 Å². The number of thioether (sulfide) groups is 1. The average molecular weight is 286 g/mol. The number of benzene rings is 2. The maximum Gasteiger partial charge on any atom is 0.339 e. The van der Waals surface area contributed by atoms with Crippen molar-refractivity contribution in [1.82, 2.24) is 0 Å². The number of cyclic esters (lactones) is 1. The van der Waals surface area contributed by atoms with E-state index in [9.17, 15) is 4.79 Å². The summed E-state index contributed by atoms with van der Waals surface area (Å²) in [6.45, 7) is 0.372. The summed E-state index contributed by atoms with van der Waals surface area (Å²) in [4.78, 5) is 13.0. The standard InChI is InChI=1S/C16H14O3S/c17-16-14-8-4-5-9-15(14)20-11-13(19-16)10-18-12-6-2-1-3-7-12/h1-9,13H,10-11H2. The Labute approximate surface area is 121 Å². The molecule has 2 aromatic rings. The predicted octanol–water partition coefficient (Wildman–Crippen LogP) is 3.40. The molecule has 4 heteroatoms. The van der Waals surface area contributed by atoms with Crippen molar-refractivity contribution in [2.24, 2.45) is 0 Å². The van der Waals surface area contributed by atoms with E-state index in [0.29, 0.717) is 17.9 Å². The molecule has 1 unspecified atom stereocenters. The third-order valence-electron chi connectivity index (χ3n) is 2.98. The second kappa shape index (κ2) is 6.01. The Morgan fingerprint density at radius 3 is 2.70 bits per heavy atom. The Balaban J connectivity index is 1.65. The summed E-state index contributed by atoms with van der Waals surface area (Å²) in [5.41, 5.74) is 0.639. The zero-order chi connectivity index (χ0) is 13.8. The summed E-state index contributed by atoms with van der Waals surface area (Å²) in [6, 6.07) is 17.1. The van der Waals surface area contributed by atoms with E-state index in [1.165, 1.54) is 0 Å². The molecule has 102 valence electrons. The highest BCUT2D eigenvalue weighted by molar-refractivity contribution is 7.99. The van der Waals surface area contributed by atoms with Crippen LogP contribution in [0.2, 0.25) is 0 Å². The molecule has 1 atom stereocenters. The number of fused-ring (bicyclic) bond motifs is 1. The molecule has 0 saturated carbocycles. The molecule has 0 aromatic heterocycles. The van der Waals surface area contributed by atoms with Gasteiger partial charge < -0.3 is 9.47 Å². The number of ether oxygens (including phenoxy) is 2. The highest BCUT2D eigenvalue weighted by Crippen LogP contribution is 2.28. The Morgan fingerprint density at radius 1 is 1.10 bits per heavy atom. The van der Waals surface area contributed by atoms with Gasteiger partial charge in [0.25, 0.3) is 0 Å². The number of carbonyl (C=O) groups excluding carboxylic acids is 1. The zero-order valence-electron chi connectivity index (χ0n) is 10.8. The largest absolute Gasteiger partial charge is 0.490 e. The van der Waals surface area contributed by atoms with Crippen molar-refractivity contribution in [3.8, 4) is 5.75 Å². The Kier molecular flexibility index (Phi) is 3.92. The fraction of sp³-hybridized carbons (Fsp3) is 0.188. The van der Waals surface area contributed by atoms with Gasteiger partial charge in [-0.25, -0.2) is 4.79 Å². The molecule has 3 nitrogen and oxygen atoms in total. The smallest absolute Gasteiger partial charge is 0.339 e. The van der Waals surface area contributed by atoms with Crippen molar-refractivity contribution < 1.29 is 14.3 Å². The summed E-state index contributed by atoms with van der Waals surface area (Å²) >= 11 is 1.63. The maximum atomic E-state index is 12.0. The van der Waals surface area contributed by atoms with Gasteiger partial charge in [-0.2, -0.15) is 0 Å². The zero-order valence-corrected chi connectivity index (χ0v) is 11.6. The number of carbonyl (C=O) groups is 1. The molecule has 1 aliphatic heterocycles. The number of rotatable bonds is 3. The molecule has 2 aromatic carbocycles. The Morgan fingerprint density at radius 2 is 1.85 bits per heavy atom. The van der Waals surface area contributed by atoms with Crippen LogP contribution in [-0.4, -0.2) is 24.4 Å². The Hall–Kier alpha value is -1.94. The molecular formula is C16H14O3S. The quantitative estimate of drug-likeness (QED) is 0.810. The van der Waals surface area contributed by atoms with Crippen LogP contribution in [0.25, 0.3) is 0 Å². The van der Waals surface area contributed by atoms with Crippen LogP contribution in [0.3, 0.4) is 0 Å². The normalized spacial score (nSPS) is 17.8. The van der Waals surface area contributed by atoms with Crippen LogP contribution in [0.4, 0.5) is 0 Å². The van der Waals surface area contributed by atoms with Crippen molar-refractivity contribution in [1.29, 1.82) is 0 Å². The van der Waals surface area contributed by atoms with E-state index in [0.717, 1.165) is 10.6 Å². The third kappa shape index (κ3) is 2.96. The SMILES string of the molecule is O=C1OC(COc2ccccc2)CSc2ccccc21. The van der Waals surface area contributed by atoms with Gasteiger partial charge in [-0.15, -0.1) is 11.8 Å². The molecule has 0 aliphatic carbocycles. The van der Waals surface area contributed by atoms with Gasteiger partial charge in [0.2, 0.25) is 0 Å². The first-order valence-electron chi connectivity index (χ1n) is 6.43. The van der Waals surface area contributed by atoms with Gasteiger partial charge in [0.1, 0.15) is 18.5 Å². The van der Waals surface area contributed by atoms with Gasteiger partial charge in [0.15, 0.2) is 0 Å². The summed E-state index contributed by atoms with van der Waals surface area (Å²) in [5.74, 6) is 1.22. The fourth-order valence-electron chi connectivity index (χ4n) is 1.98. The summed E-state index contributed by atoms with van der Waals surface area (Å²) in [6.07, 6.45) is -0.236. The van der Waals surface area contributed by atoms with E-state index in [4.69, 9.17) is 9.47 Å². The molecule has 20 heavy (non-hydrogen) atoms. The first kappa shape index (κ1) is 13.1. The second-order valence-electron chi connectivity index (χ2n) is 4.46. The monoisotopic (exact) mass is 286 g/mol. The summed E-state index contributed by atoms with van der Waals surface area (Å²) in [5, 5.41) is 0. The van der Waals surface area contributed by atoms with Crippen LogP contribution < -0.4 is 4.74 Å². The fourth-order valence-corrected chi connectivity index (χ4v) is 2.99. The maximum absolute atomic E-state index is 12.0. The minimum Gasteiger partial charge on any atom is -0.490 e. The van der Waals surface area contributed by atoms with Crippen LogP contribution in [-0.2, 0) is 4.74 Å². The van der Waals surface area contributed by atoms with Crippen molar-refractivity contribution in [2.75, 3.05) is 12.4 Å². The predicted molar refractivity (Wildman–Crippen MR) is 78.3 cm³/mol. The number of esters is 1. The lowest BCUT2D eigenvalue weighted by Gasteiger charge is -2.15. The van der Waals surface area contributed by atoms with Gasteiger partial charge in [0.05, 0.1) is 5.56 Å². The van der Waals surface area contributed by atoms with E-state index in [2.05, 4.69) is 0 Å². The first-order chi connectivity index (χ1) is 9.83. The van der Waals surface area contributed by atoms with E-state index < -0.39 is 0 Å². The number of hydrogen-bond acceptors (Lipinski definition) is 4. The second-order valence-corrected chi connectivity index (χ2v) is 5.52. The van der Waals surface area contributed by atoms with Crippen molar-refractivity contribution in [3.63, 3.8) is 0 Å². The van der Waals surface area contributed by atoms with E-state index >= 15 is 0 Å². The lowest BCUT2D eigenvalue weighted by molar-refractivity contribution is 0.0244. The molecule has 1 aliphatic rings. The van der Waals surface area contributed by atoms with E-state index in [1.54, 1.807) is 17.8 Å². The van der Waals surface area contributed by atoms with Crippen LogP contribution in [0.5, 0.6) is 5.75 Å². The highest BCUT2D eigenvalue weighted by atomic mass is 32.2. The molecule has 0 spiro atoms. The van der Waals surface area contributed by atoms with Crippen LogP contribution in [0, 0.1) is 0 Å². The minimum atomic E-state index is -0.271. The molecule has 0 saturated heterocycles. The Bertz CT molecular complexity index is 598. The van der Waals surface area contributed by atoms with Crippen molar-refractivity contribution in [2.45, 2.75) is 11.0 Å².